The second kappa shape index (κ2) is 11.7. The van der Waals surface area contributed by atoms with Crippen LogP contribution in [0.3, 0.4) is 0 Å². The fraction of sp³-hybridized carbons (Fsp3) is 0.571. The molecular weight excluding hydrogens is 439 g/mol. The van der Waals surface area contributed by atoms with Gasteiger partial charge in [-0.1, -0.05) is 12.1 Å². The minimum absolute atomic E-state index is 0. The van der Waals surface area contributed by atoms with Crippen LogP contribution in [0.25, 0.3) is 0 Å². The number of carbonyl (C=O) groups is 1. The lowest BCUT2D eigenvalue weighted by molar-refractivity contribution is 0.0705. The second-order valence-electron chi connectivity index (χ2n) is 8.02. The number of piperidine rings is 1. The van der Waals surface area contributed by atoms with E-state index in [0.29, 0.717) is 23.8 Å². The summed E-state index contributed by atoms with van der Waals surface area (Å²) in [6.07, 6.45) is 1.84. The number of amides is 1. The van der Waals surface area contributed by atoms with E-state index in [-0.39, 0.29) is 30.7 Å². The predicted molar refractivity (Wildman–Crippen MR) is 125 cm³/mol. The van der Waals surface area contributed by atoms with Gasteiger partial charge in [0.25, 0.3) is 5.91 Å². The zero-order valence-electron chi connectivity index (χ0n) is 18.1. The smallest absolute Gasteiger partial charge is 0.257 e. The minimum atomic E-state index is 0. The Bertz CT molecular complexity index is 852. The van der Waals surface area contributed by atoms with Gasteiger partial charge in [0.1, 0.15) is 24.0 Å². The number of ether oxygens (including phenoxy) is 1. The van der Waals surface area contributed by atoms with Gasteiger partial charge in [-0.3, -0.25) is 4.79 Å². The lowest BCUT2D eigenvalue weighted by Crippen LogP contribution is -2.39. The molecule has 8 nitrogen and oxygen atoms in total. The van der Waals surface area contributed by atoms with E-state index >= 15 is 0 Å². The second-order valence-corrected chi connectivity index (χ2v) is 8.02. The molecule has 1 aromatic heterocycles. The van der Waals surface area contributed by atoms with Crippen LogP contribution in [0.1, 0.15) is 40.8 Å². The number of likely N-dealkylation sites (N-methyl/N-ethyl adjacent to an activating group) is 1. The summed E-state index contributed by atoms with van der Waals surface area (Å²) >= 11 is 0. The molecule has 10 heteroatoms. The van der Waals surface area contributed by atoms with Crippen LogP contribution in [0.5, 0.6) is 5.75 Å². The van der Waals surface area contributed by atoms with E-state index in [0.717, 1.165) is 63.8 Å². The number of hydrogen-bond acceptors (Lipinski definition) is 6. The highest BCUT2D eigenvalue weighted by atomic mass is 35.5. The number of nitrogens with zero attached hydrogens (tertiary/aromatic N) is 5. The van der Waals surface area contributed by atoms with Gasteiger partial charge < -0.3 is 24.4 Å². The van der Waals surface area contributed by atoms with Crippen LogP contribution in [0.4, 0.5) is 0 Å². The molecule has 172 valence electrons. The molecule has 1 aromatic carbocycles. The van der Waals surface area contributed by atoms with E-state index in [1.54, 1.807) is 0 Å². The molecule has 0 spiro atoms. The molecule has 0 unspecified atom stereocenters. The van der Waals surface area contributed by atoms with Crippen molar-refractivity contribution in [3.8, 4) is 5.75 Å². The first-order valence-electron chi connectivity index (χ1n) is 10.4. The fourth-order valence-electron chi connectivity index (χ4n) is 4.04. The Morgan fingerprint density at radius 2 is 1.90 bits per heavy atom. The highest BCUT2D eigenvalue weighted by Crippen LogP contribution is 2.29. The molecule has 1 amide bonds. The highest BCUT2D eigenvalue weighted by Gasteiger charge is 2.30. The first kappa shape index (κ1) is 25.4. The van der Waals surface area contributed by atoms with E-state index < -0.39 is 0 Å². The average molecular weight is 471 g/mol. The maximum atomic E-state index is 13.1. The van der Waals surface area contributed by atoms with Gasteiger partial charge >= 0.3 is 0 Å². The third-order valence-corrected chi connectivity index (χ3v) is 5.71. The first-order chi connectivity index (χ1) is 14.1. The van der Waals surface area contributed by atoms with Crippen molar-refractivity contribution in [2.24, 2.45) is 0 Å². The molecule has 2 aromatic rings. The van der Waals surface area contributed by atoms with Crippen LogP contribution in [0, 0.1) is 0 Å². The summed E-state index contributed by atoms with van der Waals surface area (Å²) in [7, 11) is 4.02. The average Bonchev–Trinajstić information content (AvgIpc) is 3.18. The van der Waals surface area contributed by atoms with Crippen molar-refractivity contribution >= 4 is 30.7 Å². The van der Waals surface area contributed by atoms with Crippen LogP contribution < -0.4 is 10.1 Å². The molecule has 31 heavy (non-hydrogen) atoms. The molecule has 0 atom stereocenters. The van der Waals surface area contributed by atoms with Gasteiger partial charge in [0.05, 0.1) is 12.1 Å². The summed E-state index contributed by atoms with van der Waals surface area (Å²) in [5.74, 6) is 3.19. The molecule has 0 bridgehead atoms. The molecule has 2 aliphatic rings. The van der Waals surface area contributed by atoms with Gasteiger partial charge in [-0.2, -0.15) is 0 Å². The van der Waals surface area contributed by atoms with Crippen LogP contribution in [0.15, 0.2) is 24.3 Å². The molecule has 1 fully saturated rings. The largest absolute Gasteiger partial charge is 0.491 e. The predicted octanol–water partition coefficient (Wildman–Crippen LogP) is 2.19. The quantitative estimate of drug-likeness (QED) is 0.697. The monoisotopic (exact) mass is 470 g/mol. The van der Waals surface area contributed by atoms with Crippen molar-refractivity contribution in [1.29, 1.82) is 0 Å². The number of fused-ring (bicyclic) bond motifs is 1. The number of halogens is 2. The number of rotatable bonds is 6. The molecule has 3 heterocycles. The summed E-state index contributed by atoms with van der Waals surface area (Å²) in [4.78, 5) is 17.1. The SMILES string of the molecule is CN(C)CCOc1ccccc1C(=O)N1CCC(c2nnc3n2CCNC3)CC1.Cl.Cl. The Hall–Kier alpha value is -1.87. The summed E-state index contributed by atoms with van der Waals surface area (Å²) in [6, 6.07) is 7.56. The standard InChI is InChI=1S/C21H30N6O2.2ClH/c1-25(2)13-14-29-18-6-4-3-5-17(18)21(28)26-10-7-16(8-11-26)20-24-23-19-15-22-9-12-27(19)20;;/h3-6,16,22H,7-15H2,1-2H3;2*1H. The lowest BCUT2D eigenvalue weighted by atomic mass is 9.95. The number of carbonyl (C=O) groups excluding carboxylic acids is 1. The highest BCUT2D eigenvalue weighted by molar-refractivity contribution is 5.97. The van der Waals surface area contributed by atoms with Gasteiger partial charge in [0.2, 0.25) is 0 Å². The van der Waals surface area contributed by atoms with Gasteiger partial charge in [-0.15, -0.1) is 35.0 Å². The number of benzene rings is 1. The number of para-hydroxylation sites is 1. The van der Waals surface area contributed by atoms with Gasteiger partial charge in [-0.05, 0) is 39.1 Å². The Kier molecular flexibility index (Phi) is 9.55. The molecule has 2 aliphatic heterocycles. The Morgan fingerprint density at radius 3 is 2.65 bits per heavy atom. The lowest BCUT2D eigenvalue weighted by Gasteiger charge is -2.32. The maximum absolute atomic E-state index is 13.1. The van der Waals surface area contributed by atoms with Crippen molar-refractivity contribution in [3.05, 3.63) is 41.5 Å². The maximum Gasteiger partial charge on any atom is 0.257 e. The molecule has 0 saturated carbocycles. The summed E-state index contributed by atoms with van der Waals surface area (Å²) in [5, 5.41) is 12.1. The molecule has 4 rings (SSSR count). The fourth-order valence-corrected chi connectivity index (χ4v) is 4.04. The number of likely N-dealkylation sites (tertiary alicyclic amines) is 1. The Labute approximate surface area is 196 Å². The minimum Gasteiger partial charge on any atom is -0.491 e. The van der Waals surface area contributed by atoms with Crippen LogP contribution >= 0.6 is 24.8 Å². The van der Waals surface area contributed by atoms with Crippen LogP contribution in [0.2, 0.25) is 0 Å². The van der Waals surface area contributed by atoms with Crippen molar-refractivity contribution in [3.63, 3.8) is 0 Å². The van der Waals surface area contributed by atoms with Crippen LogP contribution in [-0.4, -0.2) is 77.4 Å². The van der Waals surface area contributed by atoms with Crippen molar-refractivity contribution in [2.45, 2.75) is 31.8 Å². The van der Waals surface area contributed by atoms with Gasteiger partial charge in [0, 0.05) is 38.6 Å². The van der Waals surface area contributed by atoms with Crippen molar-refractivity contribution < 1.29 is 9.53 Å². The van der Waals surface area contributed by atoms with Crippen molar-refractivity contribution in [2.75, 3.05) is 46.9 Å². The number of nitrogens with one attached hydrogen (secondary N) is 1. The van der Waals surface area contributed by atoms with E-state index in [4.69, 9.17) is 4.74 Å². The molecular formula is C21H32Cl2N6O2. The first-order valence-corrected chi connectivity index (χ1v) is 10.4. The molecule has 0 radical (unpaired) electrons. The summed E-state index contributed by atoms with van der Waals surface area (Å²) in [5.41, 5.74) is 0.649. The van der Waals surface area contributed by atoms with Gasteiger partial charge in [0.15, 0.2) is 0 Å². The number of hydrogen-bond donors (Lipinski definition) is 1. The topological polar surface area (TPSA) is 75.5 Å². The molecule has 1 N–H and O–H groups in total. The third kappa shape index (κ3) is 5.88. The van der Waals surface area contributed by atoms with Crippen molar-refractivity contribution in [1.82, 2.24) is 29.9 Å². The van der Waals surface area contributed by atoms with Gasteiger partial charge in [-0.25, -0.2) is 0 Å². The van der Waals surface area contributed by atoms with E-state index in [1.807, 2.05) is 43.3 Å². The Balaban J connectivity index is 0.00000171. The third-order valence-electron chi connectivity index (χ3n) is 5.71. The Morgan fingerprint density at radius 1 is 1.16 bits per heavy atom. The number of aromatic nitrogens is 3. The van der Waals surface area contributed by atoms with E-state index in [1.165, 1.54) is 0 Å². The molecule has 1 saturated heterocycles. The molecule has 0 aliphatic carbocycles. The zero-order valence-corrected chi connectivity index (χ0v) is 19.8. The van der Waals surface area contributed by atoms with Crippen LogP contribution in [-0.2, 0) is 13.1 Å². The van der Waals surface area contributed by atoms with E-state index in [2.05, 4.69) is 25.0 Å². The van der Waals surface area contributed by atoms with E-state index in [9.17, 15) is 4.79 Å². The zero-order chi connectivity index (χ0) is 20.2. The summed E-state index contributed by atoms with van der Waals surface area (Å²) < 4.78 is 8.14. The normalized spacial score (nSPS) is 16.3. The summed E-state index contributed by atoms with van der Waals surface area (Å²) in [6.45, 7) is 5.51.